The number of hydrogen-bond donors (Lipinski definition) is 1. The minimum atomic E-state index is -0.0828. The molecule has 3 nitrogen and oxygen atoms in total. The Morgan fingerprint density at radius 2 is 1.58 bits per heavy atom. The topological polar surface area (TPSA) is 38.3 Å². The molecule has 0 saturated heterocycles. The van der Waals surface area contributed by atoms with Gasteiger partial charge in [-0.1, -0.05) is 58.0 Å². The van der Waals surface area contributed by atoms with Gasteiger partial charge in [-0.15, -0.1) is 0 Å². The van der Waals surface area contributed by atoms with Crippen LogP contribution in [-0.2, 0) is 0 Å². The van der Waals surface area contributed by atoms with Crippen molar-refractivity contribution in [2.24, 2.45) is 5.92 Å². The Labute approximate surface area is 145 Å². The van der Waals surface area contributed by atoms with Crippen LogP contribution in [0.2, 0.25) is 0 Å². The quantitative estimate of drug-likeness (QED) is 0.816. The Morgan fingerprint density at radius 1 is 0.958 bits per heavy atom. The first kappa shape index (κ1) is 18.1. The highest BCUT2D eigenvalue weighted by Crippen LogP contribution is 2.25. The zero-order chi connectivity index (χ0) is 17.7. The molecule has 2 rings (SSSR count). The molecular weight excluding hydrogens is 298 g/mol. The summed E-state index contributed by atoms with van der Waals surface area (Å²) in [5, 5.41) is 3.15. The van der Waals surface area contributed by atoms with E-state index in [1.165, 1.54) is 5.56 Å². The normalized spacial score (nSPS) is 12.3. The van der Waals surface area contributed by atoms with Crippen LogP contribution in [0.1, 0.15) is 61.1 Å². The molecule has 1 atom stereocenters. The van der Waals surface area contributed by atoms with Crippen molar-refractivity contribution in [1.29, 1.82) is 0 Å². The van der Waals surface area contributed by atoms with Gasteiger partial charge in [0.05, 0.1) is 13.2 Å². The largest absolute Gasteiger partial charge is 0.497 e. The zero-order valence-corrected chi connectivity index (χ0v) is 15.2. The lowest BCUT2D eigenvalue weighted by Gasteiger charge is -2.23. The third-order valence-corrected chi connectivity index (χ3v) is 4.25. The molecule has 0 spiro atoms. The zero-order valence-electron chi connectivity index (χ0n) is 15.2. The summed E-state index contributed by atoms with van der Waals surface area (Å²) in [6.45, 7) is 8.60. The van der Waals surface area contributed by atoms with E-state index in [2.05, 4.69) is 57.3 Å². The highest BCUT2D eigenvalue weighted by Gasteiger charge is 2.19. The van der Waals surface area contributed by atoms with Crippen LogP contribution in [0.15, 0.2) is 48.5 Å². The Balaban J connectivity index is 2.20. The Kier molecular flexibility index (Phi) is 6.02. The van der Waals surface area contributed by atoms with Gasteiger partial charge < -0.3 is 10.1 Å². The molecule has 0 aliphatic rings. The SMILES string of the molecule is COc1cccc(C(=O)N[C@@H](c2ccc(C(C)C)cc2)C(C)C)c1. The molecule has 128 valence electrons. The fourth-order valence-electron chi connectivity index (χ4n) is 2.71. The standard InChI is InChI=1S/C21H27NO2/c1-14(2)16-9-11-17(12-10-16)20(15(3)4)22-21(23)18-7-6-8-19(13-18)24-5/h6-15,20H,1-5H3,(H,22,23)/t20-/m1/s1. The van der Waals surface area contributed by atoms with Gasteiger partial charge in [0.1, 0.15) is 5.75 Å². The monoisotopic (exact) mass is 325 g/mol. The number of nitrogens with one attached hydrogen (secondary N) is 1. The van der Waals surface area contributed by atoms with Crippen molar-refractivity contribution in [3.05, 3.63) is 65.2 Å². The number of rotatable bonds is 6. The highest BCUT2D eigenvalue weighted by atomic mass is 16.5. The summed E-state index contributed by atoms with van der Waals surface area (Å²) in [6.07, 6.45) is 0. The summed E-state index contributed by atoms with van der Waals surface area (Å²) in [5.41, 5.74) is 3.05. The fourth-order valence-corrected chi connectivity index (χ4v) is 2.71. The molecular formula is C21H27NO2. The van der Waals surface area contributed by atoms with Crippen LogP contribution in [0.25, 0.3) is 0 Å². The van der Waals surface area contributed by atoms with Crippen LogP contribution in [0.4, 0.5) is 0 Å². The second-order valence-electron chi connectivity index (χ2n) is 6.75. The van der Waals surface area contributed by atoms with Gasteiger partial charge in [0.2, 0.25) is 0 Å². The van der Waals surface area contributed by atoms with Crippen molar-refractivity contribution in [3.63, 3.8) is 0 Å². The predicted octanol–water partition coefficient (Wildman–Crippen LogP) is 4.95. The van der Waals surface area contributed by atoms with Crippen molar-refractivity contribution in [1.82, 2.24) is 5.32 Å². The Morgan fingerprint density at radius 3 is 2.12 bits per heavy atom. The van der Waals surface area contributed by atoms with Crippen LogP contribution in [-0.4, -0.2) is 13.0 Å². The number of hydrogen-bond acceptors (Lipinski definition) is 2. The lowest BCUT2D eigenvalue weighted by atomic mass is 9.93. The minimum Gasteiger partial charge on any atom is -0.497 e. The number of methoxy groups -OCH3 is 1. The van der Waals surface area contributed by atoms with E-state index in [1.54, 1.807) is 19.2 Å². The third kappa shape index (κ3) is 4.38. The number of benzene rings is 2. The van der Waals surface area contributed by atoms with Gasteiger partial charge in [-0.3, -0.25) is 4.79 Å². The molecule has 0 aliphatic heterocycles. The van der Waals surface area contributed by atoms with Gasteiger partial charge in [0.15, 0.2) is 0 Å². The number of carbonyl (C=O) groups excluding carboxylic acids is 1. The molecule has 2 aromatic rings. The van der Waals surface area contributed by atoms with Crippen LogP contribution < -0.4 is 10.1 Å². The minimum absolute atomic E-state index is 0.0232. The van der Waals surface area contributed by atoms with E-state index >= 15 is 0 Å². The van der Waals surface area contributed by atoms with Gasteiger partial charge in [-0.05, 0) is 41.2 Å². The van der Waals surface area contributed by atoms with E-state index in [9.17, 15) is 4.79 Å². The first-order chi connectivity index (χ1) is 11.4. The number of ether oxygens (including phenoxy) is 1. The van der Waals surface area contributed by atoms with Crippen molar-refractivity contribution < 1.29 is 9.53 Å². The molecule has 1 amide bonds. The summed E-state index contributed by atoms with van der Waals surface area (Å²) in [6, 6.07) is 15.7. The van der Waals surface area contributed by atoms with Crippen molar-refractivity contribution in [3.8, 4) is 5.75 Å². The van der Waals surface area contributed by atoms with Gasteiger partial charge in [0, 0.05) is 5.56 Å². The molecule has 0 radical (unpaired) electrons. The lowest BCUT2D eigenvalue weighted by Crippen LogP contribution is -2.31. The van der Waals surface area contributed by atoms with E-state index in [0.717, 1.165) is 5.56 Å². The summed E-state index contributed by atoms with van der Waals surface area (Å²) in [7, 11) is 1.60. The average Bonchev–Trinajstić information content (AvgIpc) is 2.59. The average molecular weight is 325 g/mol. The summed E-state index contributed by atoms with van der Waals surface area (Å²) >= 11 is 0. The van der Waals surface area contributed by atoms with Crippen molar-refractivity contribution in [2.75, 3.05) is 7.11 Å². The molecule has 0 saturated carbocycles. The number of amides is 1. The van der Waals surface area contributed by atoms with E-state index in [0.29, 0.717) is 23.1 Å². The molecule has 0 fully saturated rings. The van der Waals surface area contributed by atoms with E-state index in [1.807, 2.05) is 12.1 Å². The summed E-state index contributed by atoms with van der Waals surface area (Å²) < 4.78 is 5.20. The molecule has 0 bridgehead atoms. The van der Waals surface area contributed by atoms with E-state index in [4.69, 9.17) is 4.74 Å². The second kappa shape index (κ2) is 8.00. The van der Waals surface area contributed by atoms with Gasteiger partial charge >= 0.3 is 0 Å². The van der Waals surface area contributed by atoms with Crippen LogP contribution in [0.5, 0.6) is 5.75 Å². The third-order valence-electron chi connectivity index (χ3n) is 4.25. The smallest absolute Gasteiger partial charge is 0.251 e. The van der Waals surface area contributed by atoms with Gasteiger partial charge in [0.25, 0.3) is 5.91 Å². The van der Waals surface area contributed by atoms with Gasteiger partial charge in [-0.2, -0.15) is 0 Å². The maximum atomic E-state index is 12.6. The second-order valence-corrected chi connectivity index (χ2v) is 6.75. The van der Waals surface area contributed by atoms with Gasteiger partial charge in [-0.25, -0.2) is 0 Å². The lowest BCUT2D eigenvalue weighted by molar-refractivity contribution is 0.0925. The first-order valence-electron chi connectivity index (χ1n) is 8.47. The molecule has 0 aliphatic carbocycles. The maximum Gasteiger partial charge on any atom is 0.251 e. The molecule has 0 heterocycles. The summed E-state index contributed by atoms with van der Waals surface area (Å²) in [5.74, 6) is 1.40. The molecule has 0 aromatic heterocycles. The van der Waals surface area contributed by atoms with E-state index in [-0.39, 0.29) is 11.9 Å². The predicted molar refractivity (Wildman–Crippen MR) is 98.6 cm³/mol. The maximum absolute atomic E-state index is 12.6. The summed E-state index contributed by atoms with van der Waals surface area (Å²) in [4.78, 5) is 12.6. The molecule has 2 aromatic carbocycles. The molecule has 24 heavy (non-hydrogen) atoms. The van der Waals surface area contributed by atoms with Crippen molar-refractivity contribution in [2.45, 2.75) is 39.7 Å². The molecule has 0 unspecified atom stereocenters. The highest BCUT2D eigenvalue weighted by molar-refractivity contribution is 5.94. The fraction of sp³-hybridized carbons (Fsp3) is 0.381. The van der Waals surface area contributed by atoms with Crippen LogP contribution >= 0.6 is 0 Å². The van der Waals surface area contributed by atoms with E-state index < -0.39 is 0 Å². The molecule has 1 N–H and O–H groups in total. The number of carbonyl (C=O) groups is 1. The van der Waals surface area contributed by atoms with Crippen LogP contribution in [0.3, 0.4) is 0 Å². The van der Waals surface area contributed by atoms with Crippen molar-refractivity contribution >= 4 is 5.91 Å². The Bertz CT molecular complexity index is 674. The Hall–Kier alpha value is -2.29. The van der Waals surface area contributed by atoms with Crippen LogP contribution in [0, 0.1) is 5.92 Å². The first-order valence-corrected chi connectivity index (χ1v) is 8.47. The molecule has 3 heteroatoms.